The summed E-state index contributed by atoms with van der Waals surface area (Å²) in [5, 5.41) is 13.5. The van der Waals surface area contributed by atoms with E-state index in [1.54, 1.807) is 62.4 Å². The molecule has 3 amide bonds. The predicted molar refractivity (Wildman–Crippen MR) is 266 cm³/mol. The average Bonchev–Trinajstić information content (AvgIpc) is 3.32. The predicted octanol–water partition coefficient (Wildman–Crippen LogP) is 7.98. The van der Waals surface area contributed by atoms with Gasteiger partial charge in [0, 0.05) is 88.0 Å². The van der Waals surface area contributed by atoms with Crippen LogP contribution >= 0.6 is 0 Å². The van der Waals surface area contributed by atoms with Crippen LogP contribution in [0.5, 0.6) is 0 Å². The van der Waals surface area contributed by atoms with Crippen LogP contribution < -0.4 is 15.5 Å². The largest absolute Gasteiger partial charge is 0.460 e. The van der Waals surface area contributed by atoms with Crippen LogP contribution in [0.2, 0.25) is 0 Å². The highest BCUT2D eigenvalue weighted by Gasteiger charge is 2.30. The zero-order valence-electron chi connectivity index (χ0n) is 42.0. The number of allylic oxidation sites excluding steroid dienone is 1. The highest BCUT2D eigenvalue weighted by Crippen LogP contribution is 2.32. The Balaban J connectivity index is 1.63. The molecule has 15 nitrogen and oxygen atoms in total. The quantitative estimate of drug-likeness (QED) is 0.0324. The zero-order chi connectivity index (χ0) is 51.7. The molecule has 0 heterocycles. The maximum absolute atomic E-state index is 13.9. The van der Waals surface area contributed by atoms with Gasteiger partial charge in [-0.25, -0.2) is 0 Å². The second kappa shape index (κ2) is 30.2. The van der Waals surface area contributed by atoms with Crippen molar-refractivity contribution in [3.63, 3.8) is 0 Å². The minimum atomic E-state index is -4.52. The van der Waals surface area contributed by atoms with Crippen LogP contribution in [-0.4, -0.2) is 145 Å². The minimum absolute atomic E-state index is 0.0359. The summed E-state index contributed by atoms with van der Waals surface area (Å²) in [6.07, 6.45) is -1.52. The van der Waals surface area contributed by atoms with Crippen LogP contribution in [0.3, 0.4) is 0 Å². The Morgan fingerprint density at radius 1 is 0.786 bits per heavy atom. The molecule has 0 aliphatic rings. The van der Waals surface area contributed by atoms with Crippen molar-refractivity contribution >= 4 is 46.9 Å². The number of benzene rings is 3. The summed E-state index contributed by atoms with van der Waals surface area (Å²) >= 11 is 0. The number of rotatable bonds is 31. The first-order chi connectivity index (χ1) is 33.3. The fourth-order valence-electron chi connectivity index (χ4n) is 7.14. The second-order valence-corrected chi connectivity index (χ2v) is 17.5. The van der Waals surface area contributed by atoms with E-state index in [9.17, 15) is 32.3 Å². The number of likely N-dealkylation sites (N-methyl/N-ethyl adjacent to an activating group) is 1. The third kappa shape index (κ3) is 21.1. The Morgan fingerprint density at radius 3 is 2.07 bits per heavy atom. The number of hydrogen-bond acceptors (Lipinski definition) is 12. The van der Waals surface area contributed by atoms with Crippen molar-refractivity contribution in [3.8, 4) is 0 Å². The van der Waals surface area contributed by atoms with Gasteiger partial charge in [0.15, 0.2) is 0 Å². The van der Waals surface area contributed by atoms with E-state index in [1.165, 1.54) is 12.1 Å². The number of methoxy groups -OCH3 is 1. The van der Waals surface area contributed by atoms with E-state index in [-0.39, 0.29) is 49.0 Å². The highest BCUT2D eigenvalue weighted by molar-refractivity contribution is 6.07. The lowest BCUT2D eigenvalue weighted by molar-refractivity contribution is -0.156. The van der Waals surface area contributed by atoms with E-state index in [0.717, 1.165) is 24.0 Å². The lowest BCUT2D eigenvalue weighted by atomic mass is 9.96. The zero-order valence-corrected chi connectivity index (χ0v) is 42.0. The first kappa shape index (κ1) is 58.7. The minimum Gasteiger partial charge on any atom is -0.460 e. The van der Waals surface area contributed by atoms with Gasteiger partial charge in [-0.2, -0.15) is 13.2 Å². The van der Waals surface area contributed by atoms with Crippen LogP contribution in [-0.2, 0) is 46.0 Å². The molecule has 0 radical (unpaired) electrons. The molecule has 18 heteroatoms. The molecule has 1 unspecified atom stereocenters. The Labute approximate surface area is 411 Å². The molecule has 0 saturated heterocycles. The van der Waals surface area contributed by atoms with Crippen molar-refractivity contribution in [1.82, 2.24) is 15.1 Å². The number of carbonyl (C=O) groups excluding carboxylic acids is 4. The number of nitrogens with zero attached hydrogens (tertiary/aromatic N) is 3. The summed E-state index contributed by atoms with van der Waals surface area (Å²) in [6.45, 7) is 17.4. The first-order valence-corrected chi connectivity index (χ1v) is 23.6. The van der Waals surface area contributed by atoms with Gasteiger partial charge in [-0.05, 0) is 114 Å². The van der Waals surface area contributed by atoms with E-state index in [1.807, 2.05) is 46.8 Å². The van der Waals surface area contributed by atoms with Gasteiger partial charge >= 0.3 is 12.1 Å². The normalized spacial score (nSPS) is 12.4. The van der Waals surface area contributed by atoms with Gasteiger partial charge in [-0.1, -0.05) is 24.3 Å². The van der Waals surface area contributed by atoms with Crippen molar-refractivity contribution in [2.75, 3.05) is 110 Å². The molecule has 0 fully saturated rings. The molecule has 3 aromatic rings. The van der Waals surface area contributed by atoms with Crippen molar-refractivity contribution in [2.45, 2.75) is 72.7 Å². The Morgan fingerprint density at radius 2 is 1.43 bits per heavy atom. The number of amides is 3. The summed E-state index contributed by atoms with van der Waals surface area (Å²) < 4.78 is 67.3. The fourth-order valence-corrected chi connectivity index (χ4v) is 7.14. The second-order valence-electron chi connectivity index (χ2n) is 17.5. The summed E-state index contributed by atoms with van der Waals surface area (Å²) in [4.78, 5) is 58.7. The van der Waals surface area contributed by atoms with Gasteiger partial charge in [0.1, 0.15) is 5.60 Å². The summed E-state index contributed by atoms with van der Waals surface area (Å²) in [6, 6.07) is 16.8. The smallest absolute Gasteiger partial charge is 0.416 e. The van der Waals surface area contributed by atoms with Gasteiger partial charge in [0.2, 0.25) is 5.91 Å². The third-order valence-electron chi connectivity index (χ3n) is 10.9. The molecular weight excluding hydrogens is 910 g/mol. The number of ether oxygens (including phenoxy) is 5. The maximum Gasteiger partial charge on any atom is 0.416 e. The monoisotopic (exact) mass is 983 g/mol. The van der Waals surface area contributed by atoms with Gasteiger partial charge in [-0.15, -0.1) is 0 Å². The van der Waals surface area contributed by atoms with Crippen LogP contribution in [0.4, 0.5) is 24.5 Å². The first-order valence-electron chi connectivity index (χ1n) is 23.6. The number of nitrogens with one attached hydrogen (secondary N) is 3. The van der Waals surface area contributed by atoms with E-state index in [2.05, 4.69) is 20.4 Å². The molecule has 0 aromatic heterocycles. The number of carbonyl (C=O) groups is 4. The van der Waals surface area contributed by atoms with Crippen molar-refractivity contribution in [2.24, 2.45) is 5.92 Å². The van der Waals surface area contributed by atoms with E-state index < -0.39 is 35.1 Å². The number of alkyl halides is 3. The number of halogens is 3. The van der Waals surface area contributed by atoms with Crippen LogP contribution in [0.15, 0.2) is 72.8 Å². The Hall–Kier alpha value is -5.66. The van der Waals surface area contributed by atoms with Crippen molar-refractivity contribution < 1.29 is 56.0 Å². The van der Waals surface area contributed by atoms with Gasteiger partial charge in [0.05, 0.1) is 64.2 Å². The molecule has 3 rings (SSSR count). The molecule has 0 aliphatic carbocycles. The number of hydrogen-bond donors (Lipinski definition) is 3. The lowest BCUT2D eigenvalue weighted by Crippen LogP contribution is -2.39. The van der Waals surface area contributed by atoms with Crippen molar-refractivity contribution in [3.05, 3.63) is 101 Å². The molecule has 0 aliphatic heterocycles. The Kier molecular flexibility index (Phi) is 25.3. The number of esters is 1. The SMILES string of the molecule is CCN(CC)c1ccc(NC(=O)c2cccc(C(=O)N(C)CCN(CCOC)CCOCCOCCOCCC(=O)OC(C)(C)C)c2)c(/C(C)=C/C(CC=N)C(=O)NCc2cccc(C(F)(F)F)c2)c1. The van der Waals surface area contributed by atoms with Crippen LogP contribution in [0, 0.1) is 11.3 Å². The lowest BCUT2D eigenvalue weighted by Gasteiger charge is -2.25. The van der Waals surface area contributed by atoms with Crippen LogP contribution in [0.1, 0.15) is 91.8 Å². The highest BCUT2D eigenvalue weighted by atomic mass is 19.4. The molecule has 0 bridgehead atoms. The molecule has 3 N–H and O–H groups in total. The molecule has 70 heavy (non-hydrogen) atoms. The molecule has 3 aromatic carbocycles. The molecular formula is C52H73F3N6O9. The standard InChI is InChI=1S/C52H73F3N6O9/c1-9-61(10-2)44-17-18-46(45(36-44)38(3)33-41(19-21-56)48(63)57-37-39-13-11-16-43(34-39)52(53,54)55)58-49(64)40-14-12-15-42(35-40)50(65)59(7)22-23-60(24-27-66-8)25-28-68-30-32-69-31-29-67-26-20-47(62)70-51(4,5)6/h11-18,21,33-36,41,56H,9-10,19-20,22-32,37H2,1-8H3,(H,57,63)(H,58,64)/b38-33+,56-21?. The fraction of sp³-hybridized carbons (Fsp3) is 0.519. The summed E-state index contributed by atoms with van der Waals surface area (Å²) in [7, 11) is 3.33. The van der Waals surface area contributed by atoms with Gasteiger partial charge < -0.3 is 49.5 Å². The molecule has 0 spiro atoms. The maximum atomic E-state index is 13.9. The van der Waals surface area contributed by atoms with E-state index in [4.69, 9.17) is 29.1 Å². The van der Waals surface area contributed by atoms with Crippen molar-refractivity contribution in [1.29, 1.82) is 5.41 Å². The average molecular weight is 983 g/mol. The Bertz CT molecular complexity index is 2160. The molecule has 1 atom stereocenters. The summed E-state index contributed by atoms with van der Waals surface area (Å²) in [5.74, 6) is -2.34. The number of anilines is 2. The summed E-state index contributed by atoms with van der Waals surface area (Å²) in [5.41, 5.74) is 2.10. The third-order valence-corrected chi connectivity index (χ3v) is 10.9. The molecule has 386 valence electrons. The van der Waals surface area contributed by atoms with Gasteiger partial charge in [0.25, 0.3) is 11.8 Å². The topological polar surface area (TPSA) is 172 Å². The molecule has 0 saturated carbocycles. The van der Waals surface area contributed by atoms with E-state index in [0.29, 0.717) is 101 Å². The van der Waals surface area contributed by atoms with E-state index >= 15 is 0 Å². The van der Waals surface area contributed by atoms with Crippen LogP contribution in [0.25, 0.3) is 5.57 Å². The van der Waals surface area contributed by atoms with Gasteiger partial charge in [-0.3, -0.25) is 24.1 Å².